The first-order valence-electron chi connectivity index (χ1n) is 5.57. The molecular formula is C14H19N. The van der Waals surface area contributed by atoms with E-state index in [1.807, 2.05) is 20.8 Å². The summed E-state index contributed by atoms with van der Waals surface area (Å²) in [5.74, 6) is 0. The van der Waals surface area contributed by atoms with Gasteiger partial charge in [-0.25, -0.2) is 0 Å². The van der Waals surface area contributed by atoms with Crippen LogP contribution in [0.2, 0.25) is 0 Å². The zero-order valence-corrected chi connectivity index (χ0v) is 10.0. The molecule has 1 nitrogen and oxygen atoms in total. The SMILES string of the molecule is CC.CC1=CCC(c2cccc(C)c2)=N1. The molecule has 80 valence electrons. The molecule has 1 aromatic rings. The van der Waals surface area contributed by atoms with Crippen LogP contribution in [-0.4, -0.2) is 5.71 Å². The van der Waals surface area contributed by atoms with Gasteiger partial charge in [-0.05, 0) is 19.4 Å². The molecule has 0 aromatic heterocycles. The van der Waals surface area contributed by atoms with Gasteiger partial charge in [-0.1, -0.05) is 49.8 Å². The van der Waals surface area contributed by atoms with Crippen LogP contribution < -0.4 is 0 Å². The molecule has 15 heavy (non-hydrogen) atoms. The Morgan fingerprint density at radius 3 is 2.40 bits per heavy atom. The van der Waals surface area contributed by atoms with Crippen LogP contribution >= 0.6 is 0 Å². The van der Waals surface area contributed by atoms with E-state index in [9.17, 15) is 0 Å². The van der Waals surface area contributed by atoms with E-state index in [0.29, 0.717) is 0 Å². The van der Waals surface area contributed by atoms with E-state index in [2.05, 4.69) is 42.3 Å². The van der Waals surface area contributed by atoms with E-state index in [-0.39, 0.29) is 0 Å². The predicted molar refractivity (Wildman–Crippen MR) is 67.4 cm³/mol. The molecule has 1 heteroatoms. The minimum Gasteiger partial charge on any atom is -0.258 e. The molecule has 0 saturated carbocycles. The van der Waals surface area contributed by atoms with Crippen molar-refractivity contribution in [1.82, 2.24) is 0 Å². The van der Waals surface area contributed by atoms with Crippen molar-refractivity contribution < 1.29 is 0 Å². The highest BCUT2D eigenvalue weighted by atomic mass is 14.8. The molecule has 0 N–H and O–H groups in total. The zero-order chi connectivity index (χ0) is 11.3. The fourth-order valence-electron chi connectivity index (χ4n) is 1.56. The second kappa shape index (κ2) is 5.50. The molecule has 1 aromatic carbocycles. The third-order valence-electron chi connectivity index (χ3n) is 2.25. The number of rotatable bonds is 1. The van der Waals surface area contributed by atoms with Crippen molar-refractivity contribution in [2.24, 2.45) is 4.99 Å². The zero-order valence-electron chi connectivity index (χ0n) is 10.0. The Kier molecular flexibility index (Phi) is 4.29. The quantitative estimate of drug-likeness (QED) is 0.648. The summed E-state index contributed by atoms with van der Waals surface area (Å²) < 4.78 is 0. The first-order valence-corrected chi connectivity index (χ1v) is 5.57. The van der Waals surface area contributed by atoms with Crippen LogP contribution in [0.5, 0.6) is 0 Å². The normalized spacial score (nSPS) is 13.9. The van der Waals surface area contributed by atoms with E-state index in [0.717, 1.165) is 12.1 Å². The Hall–Kier alpha value is -1.37. The molecule has 0 amide bonds. The van der Waals surface area contributed by atoms with Gasteiger partial charge in [0.15, 0.2) is 0 Å². The van der Waals surface area contributed by atoms with Gasteiger partial charge in [0, 0.05) is 12.1 Å². The average molecular weight is 201 g/mol. The van der Waals surface area contributed by atoms with Crippen molar-refractivity contribution in [3.05, 3.63) is 47.2 Å². The van der Waals surface area contributed by atoms with Crippen molar-refractivity contribution in [2.45, 2.75) is 34.1 Å². The summed E-state index contributed by atoms with van der Waals surface area (Å²) in [4.78, 5) is 4.48. The van der Waals surface area contributed by atoms with Crippen molar-refractivity contribution >= 4 is 5.71 Å². The van der Waals surface area contributed by atoms with E-state index < -0.39 is 0 Å². The first kappa shape index (κ1) is 11.7. The highest BCUT2D eigenvalue weighted by molar-refractivity contribution is 6.03. The van der Waals surface area contributed by atoms with Crippen LogP contribution in [0.3, 0.4) is 0 Å². The minimum absolute atomic E-state index is 0.981. The molecule has 0 aliphatic carbocycles. The summed E-state index contributed by atoms with van der Waals surface area (Å²) in [7, 11) is 0. The molecule has 1 aliphatic rings. The largest absolute Gasteiger partial charge is 0.258 e. The van der Waals surface area contributed by atoms with Crippen LogP contribution in [0.1, 0.15) is 38.3 Å². The van der Waals surface area contributed by atoms with Gasteiger partial charge in [-0.3, -0.25) is 4.99 Å². The van der Waals surface area contributed by atoms with E-state index in [1.54, 1.807) is 0 Å². The van der Waals surface area contributed by atoms with Gasteiger partial charge in [0.2, 0.25) is 0 Å². The molecule has 0 spiro atoms. The number of nitrogens with zero attached hydrogens (tertiary/aromatic N) is 1. The van der Waals surface area contributed by atoms with Crippen molar-refractivity contribution in [3.8, 4) is 0 Å². The number of benzene rings is 1. The lowest BCUT2D eigenvalue weighted by atomic mass is 10.1. The molecule has 0 fully saturated rings. The molecule has 2 rings (SSSR count). The fourth-order valence-corrected chi connectivity index (χ4v) is 1.56. The van der Waals surface area contributed by atoms with E-state index >= 15 is 0 Å². The first-order chi connectivity index (χ1) is 7.25. The monoisotopic (exact) mass is 201 g/mol. The lowest BCUT2D eigenvalue weighted by molar-refractivity contribution is 1.33. The van der Waals surface area contributed by atoms with Crippen molar-refractivity contribution in [2.75, 3.05) is 0 Å². The Balaban J connectivity index is 0.000000531. The molecule has 0 saturated heterocycles. The number of aliphatic imine (C=N–C) groups is 1. The van der Waals surface area contributed by atoms with Gasteiger partial charge in [-0.15, -0.1) is 0 Å². The lowest BCUT2D eigenvalue weighted by Gasteiger charge is -2.00. The number of hydrogen-bond donors (Lipinski definition) is 0. The van der Waals surface area contributed by atoms with Gasteiger partial charge in [0.1, 0.15) is 0 Å². The van der Waals surface area contributed by atoms with Gasteiger partial charge in [-0.2, -0.15) is 0 Å². The molecular weight excluding hydrogens is 182 g/mol. The van der Waals surface area contributed by atoms with E-state index in [4.69, 9.17) is 0 Å². The highest BCUT2D eigenvalue weighted by Crippen LogP contribution is 2.16. The third kappa shape index (κ3) is 3.05. The maximum atomic E-state index is 4.48. The maximum absolute atomic E-state index is 4.48. The predicted octanol–water partition coefficient (Wildman–Crippen LogP) is 4.12. The van der Waals surface area contributed by atoms with Crippen LogP contribution in [0.15, 0.2) is 41.0 Å². The number of allylic oxidation sites excluding steroid dienone is 2. The summed E-state index contributed by atoms with van der Waals surface area (Å²) in [6.45, 7) is 8.15. The Morgan fingerprint density at radius 2 is 1.87 bits per heavy atom. The standard InChI is InChI=1S/C12H13N.C2H6/c1-9-4-3-5-11(8-9)12-7-6-10(2)13-12;1-2/h3-6,8H,7H2,1-2H3;1-2H3. The number of aryl methyl sites for hydroxylation is 1. The molecule has 1 heterocycles. The fraction of sp³-hybridized carbons (Fsp3) is 0.357. The van der Waals surface area contributed by atoms with Gasteiger partial charge in [0.05, 0.1) is 5.71 Å². The highest BCUT2D eigenvalue weighted by Gasteiger charge is 2.07. The number of hydrogen-bond acceptors (Lipinski definition) is 1. The van der Waals surface area contributed by atoms with Crippen LogP contribution in [0.4, 0.5) is 0 Å². The van der Waals surface area contributed by atoms with Crippen LogP contribution in [0.25, 0.3) is 0 Å². The molecule has 0 atom stereocenters. The summed E-state index contributed by atoms with van der Waals surface area (Å²) in [5, 5.41) is 0. The molecule has 0 bridgehead atoms. The smallest absolute Gasteiger partial charge is 0.0517 e. The molecule has 0 unspecified atom stereocenters. The summed E-state index contributed by atoms with van der Waals surface area (Å²) >= 11 is 0. The van der Waals surface area contributed by atoms with Gasteiger partial charge in [0.25, 0.3) is 0 Å². The Morgan fingerprint density at radius 1 is 1.13 bits per heavy atom. The van der Waals surface area contributed by atoms with Crippen molar-refractivity contribution in [3.63, 3.8) is 0 Å². The minimum atomic E-state index is 0.981. The van der Waals surface area contributed by atoms with Crippen LogP contribution in [0, 0.1) is 6.92 Å². The topological polar surface area (TPSA) is 12.4 Å². The molecule has 1 aliphatic heterocycles. The van der Waals surface area contributed by atoms with Gasteiger partial charge >= 0.3 is 0 Å². The van der Waals surface area contributed by atoms with E-state index in [1.165, 1.54) is 16.8 Å². The van der Waals surface area contributed by atoms with Crippen LogP contribution in [-0.2, 0) is 0 Å². The van der Waals surface area contributed by atoms with Gasteiger partial charge < -0.3 is 0 Å². The average Bonchev–Trinajstić information content (AvgIpc) is 2.68. The lowest BCUT2D eigenvalue weighted by Crippen LogP contribution is -1.95. The second-order valence-corrected chi connectivity index (χ2v) is 3.48. The van der Waals surface area contributed by atoms with Crippen molar-refractivity contribution in [1.29, 1.82) is 0 Å². The summed E-state index contributed by atoms with van der Waals surface area (Å²) in [6, 6.07) is 8.50. The third-order valence-corrected chi connectivity index (χ3v) is 2.25. The Bertz CT molecular complexity index is 386. The second-order valence-electron chi connectivity index (χ2n) is 3.48. The maximum Gasteiger partial charge on any atom is 0.0517 e. The summed E-state index contributed by atoms with van der Waals surface area (Å²) in [5.41, 5.74) is 4.88. The Labute approximate surface area is 92.6 Å². The molecule has 0 radical (unpaired) electrons. The summed E-state index contributed by atoms with van der Waals surface area (Å²) in [6.07, 6.45) is 3.15.